The van der Waals surface area contributed by atoms with E-state index >= 15 is 0 Å². The van der Waals surface area contributed by atoms with E-state index in [0.717, 1.165) is 50.3 Å². The number of nitrogens with two attached hydrogens (primary N) is 3. The van der Waals surface area contributed by atoms with Gasteiger partial charge in [0, 0.05) is 61.0 Å². The Kier molecular flexibility index (Phi) is 6.40. The monoisotopic (exact) mass is 599 g/mol. The summed E-state index contributed by atoms with van der Waals surface area (Å²) in [7, 11) is -0.534. The van der Waals surface area contributed by atoms with Crippen LogP contribution in [-0.2, 0) is 0 Å². The molecule has 0 aliphatic carbocycles. The quantitative estimate of drug-likeness (QED) is 0.117. The van der Waals surface area contributed by atoms with Crippen molar-refractivity contribution in [1.82, 2.24) is 4.98 Å². The van der Waals surface area contributed by atoms with E-state index in [9.17, 15) is 0 Å². The van der Waals surface area contributed by atoms with Gasteiger partial charge in [-0.15, -0.1) is 0 Å². The third-order valence-electron chi connectivity index (χ3n) is 8.44. The summed E-state index contributed by atoms with van der Waals surface area (Å²) in [6.07, 6.45) is 0. The minimum Gasteiger partial charge on any atom is -0.399 e. The van der Waals surface area contributed by atoms with Crippen LogP contribution in [0.2, 0.25) is 0 Å². The molecule has 45 heavy (non-hydrogen) atoms. The number of hydrogen-bond donors (Lipinski definition) is 4. The van der Waals surface area contributed by atoms with E-state index in [4.69, 9.17) is 17.2 Å². The van der Waals surface area contributed by atoms with Gasteiger partial charge in [-0.1, -0.05) is 72.8 Å². The van der Waals surface area contributed by atoms with Crippen molar-refractivity contribution in [2.24, 2.45) is 0 Å². The van der Waals surface area contributed by atoms with Crippen LogP contribution >= 0.6 is 10.5 Å². The highest BCUT2D eigenvalue weighted by Gasteiger charge is 2.38. The van der Waals surface area contributed by atoms with E-state index in [-0.39, 0.29) is 0 Å². The van der Waals surface area contributed by atoms with Crippen molar-refractivity contribution in [2.75, 3.05) is 17.2 Å². The highest BCUT2D eigenvalue weighted by molar-refractivity contribution is 7.46. The predicted octanol–water partition coefficient (Wildman–Crippen LogP) is 10.5. The summed E-state index contributed by atoms with van der Waals surface area (Å²) in [4.78, 5) is 7.55. The van der Waals surface area contributed by atoms with Gasteiger partial charge in [-0.2, -0.15) is 0 Å². The van der Waals surface area contributed by atoms with Gasteiger partial charge in [-0.05, 0) is 77.9 Å². The molecule has 0 radical (unpaired) electrons. The predicted molar refractivity (Wildman–Crippen MR) is 195 cm³/mol. The molecular formula is C40H31N4S+. The van der Waals surface area contributed by atoms with E-state index in [2.05, 4.69) is 114 Å². The second-order valence-electron chi connectivity index (χ2n) is 11.3. The fraction of sp³-hybridized carbons (Fsp3) is 0. The normalized spacial score (nSPS) is 11.8. The molecule has 0 fully saturated rings. The first kappa shape index (κ1) is 26.8. The molecule has 1 unspecified atom stereocenters. The van der Waals surface area contributed by atoms with Crippen LogP contribution in [-0.4, -0.2) is 4.98 Å². The molecular weight excluding hydrogens is 569 g/mol. The maximum atomic E-state index is 6.25. The molecule has 0 saturated carbocycles. The lowest BCUT2D eigenvalue weighted by atomic mass is 9.91. The fourth-order valence-electron chi connectivity index (χ4n) is 6.37. The molecule has 0 bridgehead atoms. The molecule has 6 aromatic carbocycles. The summed E-state index contributed by atoms with van der Waals surface area (Å²) in [5.74, 6) is 0. The van der Waals surface area contributed by atoms with Crippen molar-refractivity contribution >= 4 is 49.3 Å². The molecule has 5 heteroatoms. The number of aromatic nitrogens is 1. The Morgan fingerprint density at radius 2 is 0.867 bits per heavy atom. The number of benzene rings is 6. The van der Waals surface area contributed by atoms with E-state index in [1.807, 2.05) is 36.4 Å². The van der Waals surface area contributed by atoms with Crippen molar-refractivity contribution in [2.45, 2.75) is 0 Å². The smallest absolute Gasteiger partial charge is 0.203 e. The zero-order valence-electron chi connectivity index (χ0n) is 24.5. The summed E-state index contributed by atoms with van der Waals surface area (Å²) in [6.45, 7) is 0. The molecule has 0 amide bonds. The van der Waals surface area contributed by atoms with Crippen molar-refractivity contribution < 1.29 is 0 Å². The van der Waals surface area contributed by atoms with Gasteiger partial charge < -0.3 is 22.2 Å². The number of H-pyrrole nitrogens is 1. The van der Waals surface area contributed by atoms with Gasteiger partial charge in [0.25, 0.3) is 0 Å². The largest absolute Gasteiger partial charge is 0.399 e. The molecule has 4 nitrogen and oxygen atoms in total. The number of nitrogens with one attached hydrogen (secondary N) is 1. The summed E-state index contributed by atoms with van der Waals surface area (Å²) in [5, 5.41) is 2.43. The molecule has 2 heterocycles. The maximum absolute atomic E-state index is 6.25. The second-order valence-corrected chi connectivity index (χ2v) is 13.2. The van der Waals surface area contributed by atoms with Crippen LogP contribution in [0.5, 0.6) is 0 Å². The molecule has 8 rings (SSSR count). The van der Waals surface area contributed by atoms with Crippen molar-refractivity contribution in [1.29, 1.82) is 0 Å². The lowest BCUT2D eigenvalue weighted by Crippen LogP contribution is -1.89. The third-order valence-corrected chi connectivity index (χ3v) is 10.9. The van der Waals surface area contributed by atoms with Gasteiger partial charge in [0.15, 0.2) is 9.75 Å². The highest BCUT2D eigenvalue weighted by Crippen LogP contribution is 2.62. The Morgan fingerprint density at radius 1 is 0.400 bits per heavy atom. The molecule has 0 spiro atoms. The van der Waals surface area contributed by atoms with Crippen LogP contribution in [0.3, 0.4) is 0 Å². The Morgan fingerprint density at radius 3 is 1.44 bits per heavy atom. The summed E-state index contributed by atoms with van der Waals surface area (Å²) in [6, 6.07) is 50.8. The minimum atomic E-state index is -0.534. The van der Waals surface area contributed by atoms with Crippen molar-refractivity contribution in [3.63, 3.8) is 0 Å². The maximum Gasteiger partial charge on any atom is 0.203 e. The Balaban J connectivity index is 1.62. The van der Waals surface area contributed by atoms with Crippen LogP contribution < -0.4 is 17.2 Å². The fourth-order valence-corrected chi connectivity index (χ4v) is 9.18. The summed E-state index contributed by atoms with van der Waals surface area (Å²) in [5.41, 5.74) is 30.1. The standard InChI is InChI=1S/C40H31N4S/c41-29-19-13-26(14-20-29)37-36(25-7-2-1-3-8-25)39(27-15-21-30(42)22-16-27)45(40(37)28-17-23-31(43)24-18-28)35-12-6-10-33-32-9-4-5-11-34(32)44-38(33)35/h1-24,44H,41-43H2/q+1. The lowest BCUT2D eigenvalue weighted by Gasteiger charge is -2.08. The topological polar surface area (TPSA) is 93.8 Å². The van der Waals surface area contributed by atoms with Crippen molar-refractivity contribution in [3.8, 4) is 48.0 Å². The van der Waals surface area contributed by atoms with Gasteiger partial charge in [-0.3, -0.25) is 0 Å². The molecule has 0 saturated heterocycles. The molecule has 1 atom stereocenters. The first-order valence-corrected chi connectivity index (χ1v) is 16.1. The Bertz CT molecular complexity index is 2310. The van der Waals surface area contributed by atoms with E-state index in [1.54, 1.807) is 0 Å². The molecule has 2 aromatic heterocycles. The molecule has 0 aliphatic heterocycles. The number of para-hydroxylation sites is 2. The first-order valence-electron chi connectivity index (χ1n) is 14.9. The van der Waals surface area contributed by atoms with Gasteiger partial charge in [0.05, 0.1) is 11.1 Å². The van der Waals surface area contributed by atoms with Gasteiger partial charge in [-0.25, -0.2) is 0 Å². The molecule has 0 aliphatic rings. The average molecular weight is 600 g/mol. The minimum absolute atomic E-state index is 0.534. The number of nitrogen functional groups attached to an aromatic ring is 3. The number of thiophene rings is 1. The van der Waals surface area contributed by atoms with Crippen LogP contribution in [0.15, 0.2) is 146 Å². The van der Waals surface area contributed by atoms with Crippen molar-refractivity contribution in [3.05, 3.63) is 146 Å². The van der Waals surface area contributed by atoms with Gasteiger partial charge in [0.2, 0.25) is 4.90 Å². The second kappa shape index (κ2) is 10.7. The zero-order chi connectivity index (χ0) is 30.5. The lowest BCUT2D eigenvalue weighted by molar-refractivity contribution is 1.56. The van der Waals surface area contributed by atoms with E-state index in [0.29, 0.717) is 0 Å². The number of rotatable bonds is 5. The Hall–Kier alpha value is -5.78. The Labute approximate surface area is 264 Å². The van der Waals surface area contributed by atoms with Crippen LogP contribution in [0.1, 0.15) is 0 Å². The SMILES string of the molecule is Nc1ccc(-c2c(-c3ccccc3)c(-c3ccc(N)cc3)[s+](-c3cccc4c3[nH]c3ccccc34)c2-c2ccc(N)cc2)cc1. The van der Waals surface area contributed by atoms with E-state index in [1.165, 1.54) is 36.5 Å². The number of fused-ring (bicyclic) bond motifs is 3. The molecule has 216 valence electrons. The third kappa shape index (κ3) is 4.53. The van der Waals surface area contributed by atoms with Gasteiger partial charge >= 0.3 is 0 Å². The van der Waals surface area contributed by atoms with E-state index < -0.39 is 10.5 Å². The zero-order valence-corrected chi connectivity index (χ0v) is 25.3. The first-order chi connectivity index (χ1) is 22.1. The van der Waals surface area contributed by atoms with Gasteiger partial charge in [0.1, 0.15) is 5.52 Å². The highest BCUT2D eigenvalue weighted by atomic mass is 32.2. The summed E-state index contributed by atoms with van der Waals surface area (Å²) < 4.78 is 0. The number of hydrogen-bond acceptors (Lipinski definition) is 3. The molecule has 7 N–H and O–H groups in total. The average Bonchev–Trinajstić information content (AvgIpc) is 3.63. The number of aromatic amines is 1. The van der Waals surface area contributed by atoms with Crippen LogP contribution in [0.25, 0.3) is 69.8 Å². The van der Waals surface area contributed by atoms with Crippen LogP contribution in [0.4, 0.5) is 17.1 Å². The number of anilines is 3. The van der Waals surface area contributed by atoms with Crippen LogP contribution in [0, 0.1) is 0 Å². The summed E-state index contributed by atoms with van der Waals surface area (Å²) >= 11 is 0. The molecule has 8 aromatic rings.